The Balaban J connectivity index is 0.00000365. The van der Waals surface area contributed by atoms with Crippen LogP contribution < -0.4 is 10.6 Å². The Labute approximate surface area is 214 Å². The zero-order chi connectivity index (χ0) is 27.0. The predicted octanol–water partition coefficient (Wildman–Crippen LogP) is 4.99. The van der Waals surface area contributed by atoms with E-state index < -0.39 is 11.6 Å². The third-order valence-electron chi connectivity index (χ3n) is 6.53. The smallest absolute Gasteiger partial charge is 0.333 e. The van der Waals surface area contributed by atoms with E-state index in [2.05, 4.69) is 24.5 Å². The van der Waals surface area contributed by atoms with Gasteiger partial charge in [-0.05, 0) is 59.3 Å². The van der Waals surface area contributed by atoms with Crippen LogP contribution in [0.3, 0.4) is 0 Å². The number of nitrogens with zero attached hydrogens (tertiary/aromatic N) is 1. The van der Waals surface area contributed by atoms with E-state index in [4.69, 9.17) is 4.74 Å². The van der Waals surface area contributed by atoms with E-state index in [1.807, 2.05) is 27.7 Å². The maximum absolute atomic E-state index is 13.5. The molecule has 1 saturated carbocycles. The monoisotopic (exact) mass is 495 g/mol. The van der Waals surface area contributed by atoms with Gasteiger partial charge in [-0.15, -0.1) is 0 Å². The van der Waals surface area contributed by atoms with Crippen LogP contribution in [0, 0.1) is 5.92 Å². The third-order valence-corrected chi connectivity index (χ3v) is 6.53. The summed E-state index contributed by atoms with van der Waals surface area (Å²) in [6.45, 7) is 16.4. The molecule has 1 aliphatic carbocycles. The molecule has 1 unspecified atom stereocenters. The number of hydrogen-bond donors (Lipinski definition) is 2. The number of amides is 2. The minimum atomic E-state index is -0.694. The van der Waals surface area contributed by atoms with Crippen LogP contribution in [-0.2, 0) is 19.1 Å². The molecule has 2 N–H and O–H groups in total. The normalized spacial score (nSPS) is 15.7. The van der Waals surface area contributed by atoms with Crippen molar-refractivity contribution in [2.75, 3.05) is 20.2 Å². The Morgan fingerprint density at radius 3 is 2.03 bits per heavy atom. The van der Waals surface area contributed by atoms with Crippen LogP contribution in [0.15, 0.2) is 11.6 Å². The Kier molecular flexibility index (Phi) is 16.6. The van der Waals surface area contributed by atoms with Crippen molar-refractivity contribution < 1.29 is 19.1 Å². The fourth-order valence-corrected chi connectivity index (χ4v) is 4.45. The molecule has 0 spiro atoms. The van der Waals surface area contributed by atoms with Gasteiger partial charge >= 0.3 is 5.97 Å². The SMILES string of the molecule is CCC.CCOC(=O)/C(C)=C/CN(C)C(=O)C(NC(=O)C(CC)(CC)NC(C)C)C1CCCCC1. The molecule has 35 heavy (non-hydrogen) atoms. The van der Waals surface area contributed by atoms with Crippen molar-refractivity contribution in [2.45, 2.75) is 124 Å². The van der Waals surface area contributed by atoms with Crippen molar-refractivity contribution in [2.24, 2.45) is 5.92 Å². The van der Waals surface area contributed by atoms with Gasteiger partial charge in [-0.3, -0.25) is 9.59 Å². The predicted molar refractivity (Wildman–Crippen MR) is 144 cm³/mol. The summed E-state index contributed by atoms with van der Waals surface area (Å²) in [6.07, 6.45) is 9.45. The highest BCUT2D eigenvalue weighted by Crippen LogP contribution is 2.28. The number of carbonyl (C=O) groups is 3. The minimum absolute atomic E-state index is 0.105. The van der Waals surface area contributed by atoms with E-state index in [9.17, 15) is 14.4 Å². The summed E-state index contributed by atoms with van der Waals surface area (Å²) in [4.78, 5) is 40.4. The average Bonchev–Trinajstić information content (AvgIpc) is 2.84. The lowest BCUT2D eigenvalue weighted by molar-refractivity contribution is -0.139. The summed E-state index contributed by atoms with van der Waals surface area (Å²) in [6, 6.07) is -0.404. The first kappa shape index (κ1) is 33.1. The minimum Gasteiger partial charge on any atom is -0.463 e. The van der Waals surface area contributed by atoms with Gasteiger partial charge in [0.2, 0.25) is 11.8 Å². The molecule has 0 aromatic heterocycles. The molecule has 1 rings (SSSR count). The van der Waals surface area contributed by atoms with E-state index >= 15 is 0 Å². The molecule has 2 amide bonds. The number of hydrogen-bond acceptors (Lipinski definition) is 5. The average molecular weight is 496 g/mol. The zero-order valence-electron chi connectivity index (χ0n) is 24.0. The van der Waals surface area contributed by atoms with Crippen molar-refractivity contribution in [3.63, 3.8) is 0 Å². The zero-order valence-corrected chi connectivity index (χ0v) is 24.0. The van der Waals surface area contributed by atoms with E-state index in [1.54, 1.807) is 31.9 Å². The first-order valence-corrected chi connectivity index (χ1v) is 13.7. The Hall–Kier alpha value is -1.89. The summed E-state index contributed by atoms with van der Waals surface area (Å²) in [5, 5.41) is 6.58. The van der Waals surface area contributed by atoms with Crippen molar-refractivity contribution >= 4 is 17.8 Å². The van der Waals surface area contributed by atoms with Gasteiger partial charge in [0, 0.05) is 25.2 Å². The van der Waals surface area contributed by atoms with Gasteiger partial charge in [-0.2, -0.15) is 0 Å². The van der Waals surface area contributed by atoms with E-state index in [-0.39, 0.29) is 29.7 Å². The number of likely N-dealkylation sites (N-methyl/N-ethyl adjacent to an activating group) is 1. The lowest BCUT2D eigenvalue weighted by Gasteiger charge is -2.38. The highest BCUT2D eigenvalue weighted by molar-refractivity contribution is 5.92. The standard InChI is InChI=1S/C25H45N3O4.C3H8/c1-8-25(9-2,27-18(4)5)24(31)26-21(20-14-12-11-13-15-20)22(29)28(7)17-16-19(6)23(30)32-10-3;1-3-2/h16,18,20-21,27H,8-15,17H2,1-7H3,(H,26,31);3H2,1-2H3/b19-16+;. The Bertz CT molecular complexity index is 665. The number of esters is 1. The second-order valence-electron chi connectivity index (χ2n) is 9.97. The number of nitrogens with one attached hydrogen (secondary N) is 2. The van der Waals surface area contributed by atoms with Gasteiger partial charge in [0.15, 0.2) is 0 Å². The summed E-state index contributed by atoms with van der Waals surface area (Å²) >= 11 is 0. The largest absolute Gasteiger partial charge is 0.463 e. The molecule has 0 heterocycles. The summed E-state index contributed by atoms with van der Waals surface area (Å²) in [5.74, 6) is -0.459. The Morgan fingerprint density at radius 2 is 1.57 bits per heavy atom. The van der Waals surface area contributed by atoms with Crippen molar-refractivity contribution in [3.05, 3.63) is 11.6 Å². The van der Waals surface area contributed by atoms with Crippen LogP contribution in [0.25, 0.3) is 0 Å². The topological polar surface area (TPSA) is 87.7 Å². The van der Waals surface area contributed by atoms with Crippen LogP contribution >= 0.6 is 0 Å². The van der Waals surface area contributed by atoms with Crippen LogP contribution in [0.2, 0.25) is 0 Å². The lowest BCUT2D eigenvalue weighted by Crippen LogP contribution is -2.63. The molecule has 0 bridgehead atoms. The quantitative estimate of drug-likeness (QED) is 0.294. The molecule has 7 heteroatoms. The molecular weight excluding hydrogens is 442 g/mol. The highest BCUT2D eigenvalue weighted by atomic mass is 16.5. The Morgan fingerprint density at radius 1 is 1.03 bits per heavy atom. The molecule has 204 valence electrons. The molecule has 1 atom stereocenters. The van der Waals surface area contributed by atoms with E-state index in [0.717, 1.165) is 25.7 Å². The molecule has 1 fully saturated rings. The number of carbonyl (C=O) groups excluding carboxylic acids is 3. The van der Waals surface area contributed by atoms with Crippen LogP contribution in [-0.4, -0.2) is 60.5 Å². The second-order valence-corrected chi connectivity index (χ2v) is 9.97. The molecule has 0 aromatic rings. The van der Waals surface area contributed by atoms with Gasteiger partial charge in [0.1, 0.15) is 6.04 Å². The van der Waals surface area contributed by atoms with Gasteiger partial charge in [-0.1, -0.05) is 59.5 Å². The third kappa shape index (κ3) is 11.1. The molecular formula is C28H53N3O4. The van der Waals surface area contributed by atoms with Crippen LogP contribution in [0.1, 0.15) is 107 Å². The molecule has 0 radical (unpaired) electrons. The highest BCUT2D eigenvalue weighted by Gasteiger charge is 2.40. The van der Waals surface area contributed by atoms with Crippen molar-refractivity contribution in [1.29, 1.82) is 0 Å². The van der Waals surface area contributed by atoms with Gasteiger partial charge in [0.05, 0.1) is 12.1 Å². The van der Waals surface area contributed by atoms with Crippen LogP contribution in [0.4, 0.5) is 0 Å². The van der Waals surface area contributed by atoms with E-state index in [1.165, 1.54) is 12.8 Å². The van der Waals surface area contributed by atoms with Gasteiger partial charge in [0.25, 0.3) is 0 Å². The van der Waals surface area contributed by atoms with E-state index in [0.29, 0.717) is 31.6 Å². The van der Waals surface area contributed by atoms with Crippen LogP contribution in [0.5, 0.6) is 0 Å². The summed E-state index contributed by atoms with van der Waals surface area (Å²) in [5.41, 5.74) is -0.220. The molecule has 0 aliphatic heterocycles. The van der Waals surface area contributed by atoms with Gasteiger partial charge < -0.3 is 20.3 Å². The van der Waals surface area contributed by atoms with Crippen molar-refractivity contribution in [3.8, 4) is 0 Å². The maximum atomic E-state index is 13.5. The molecule has 1 aliphatic rings. The number of rotatable bonds is 12. The van der Waals surface area contributed by atoms with Gasteiger partial charge in [-0.25, -0.2) is 4.79 Å². The number of ether oxygens (including phenoxy) is 1. The lowest BCUT2D eigenvalue weighted by atomic mass is 9.82. The fraction of sp³-hybridized carbons (Fsp3) is 0.821. The first-order valence-electron chi connectivity index (χ1n) is 13.7. The second kappa shape index (κ2) is 17.5. The first-order chi connectivity index (χ1) is 16.5. The van der Waals surface area contributed by atoms with Crippen molar-refractivity contribution in [1.82, 2.24) is 15.5 Å². The maximum Gasteiger partial charge on any atom is 0.333 e. The molecule has 7 nitrogen and oxygen atoms in total. The molecule has 0 aromatic carbocycles. The fourth-order valence-electron chi connectivity index (χ4n) is 4.45. The summed E-state index contributed by atoms with van der Waals surface area (Å²) in [7, 11) is 1.72. The summed E-state index contributed by atoms with van der Waals surface area (Å²) < 4.78 is 5.01. The molecule has 0 saturated heterocycles.